The van der Waals surface area contributed by atoms with Crippen molar-refractivity contribution in [1.29, 1.82) is 0 Å². The van der Waals surface area contributed by atoms with Crippen molar-refractivity contribution in [3.63, 3.8) is 0 Å². The highest BCUT2D eigenvalue weighted by atomic mass is 16.5. The van der Waals surface area contributed by atoms with Crippen molar-refractivity contribution in [1.82, 2.24) is 4.98 Å². The monoisotopic (exact) mass is 194 g/mol. The summed E-state index contributed by atoms with van der Waals surface area (Å²) in [5.74, 6) is 0.529. The van der Waals surface area contributed by atoms with E-state index >= 15 is 0 Å². The zero-order valence-corrected chi connectivity index (χ0v) is 8.65. The molecule has 0 atom stereocenters. The first kappa shape index (κ1) is 10.6. The van der Waals surface area contributed by atoms with Gasteiger partial charge in [0, 0.05) is 11.8 Å². The summed E-state index contributed by atoms with van der Waals surface area (Å²) in [5.41, 5.74) is 0.185. The summed E-state index contributed by atoms with van der Waals surface area (Å²) in [7, 11) is 0. The third-order valence-electron chi connectivity index (χ3n) is 1.68. The number of nitrogens with zero attached hydrogens (tertiary/aromatic N) is 2. The van der Waals surface area contributed by atoms with E-state index < -0.39 is 5.54 Å². The predicted octanol–water partition coefficient (Wildman–Crippen LogP) is 2.31. The zero-order chi connectivity index (χ0) is 10.6. The van der Waals surface area contributed by atoms with Crippen molar-refractivity contribution in [2.75, 3.05) is 6.61 Å². The number of hydrogen-bond donors (Lipinski definition) is 0. The lowest BCUT2D eigenvalue weighted by atomic mass is 10.1. The Hall–Kier alpha value is -1.45. The number of ether oxygens (including phenoxy) is 1. The van der Waals surface area contributed by atoms with E-state index in [1.807, 2.05) is 19.1 Å². The first-order chi connectivity index (χ1) is 6.53. The molecule has 1 aromatic rings. The minimum atomic E-state index is -0.703. The van der Waals surface area contributed by atoms with Gasteiger partial charge in [-0.2, -0.15) is 4.91 Å². The van der Waals surface area contributed by atoms with Crippen LogP contribution in [0.2, 0.25) is 0 Å². The van der Waals surface area contributed by atoms with Crippen LogP contribution in [0.15, 0.2) is 23.4 Å². The topological polar surface area (TPSA) is 51.5 Å². The Bertz CT molecular complexity index is 324. The molecule has 1 heterocycles. The molecule has 4 heteroatoms. The first-order valence-corrected chi connectivity index (χ1v) is 4.44. The van der Waals surface area contributed by atoms with Crippen LogP contribution in [0.5, 0.6) is 5.88 Å². The van der Waals surface area contributed by atoms with Crippen LogP contribution in [-0.2, 0) is 0 Å². The summed E-state index contributed by atoms with van der Waals surface area (Å²) >= 11 is 0. The lowest BCUT2D eigenvalue weighted by Crippen LogP contribution is -2.25. The second-order valence-corrected chi connectivity index (χ2v) is 3.81. The average Bonchev–Trinajstić information content (AvgIpc) is 2.15. The van der Waals surface area contributed by atoms with E-state index in [1.165, 1.54) is 0 Å². The molecular weight excluding hydrogens is 180 g/mol. The van der Waals surface area contributed by atoms with Crippen LogP contribution in [0.4, 0.5) is 0 Å². The molecule has 0 N–H and O–H groups in total. The summed E-state index contributed by atoms with van der Waals surface area (Å²) in [6, 6.07) is 5.50. The highest BCUT2D eigenvalue weighted by Gasteiger charge is 2.19. The van der Waals surface area contributed by atoms with E-state index in [0.29, 0.717) is 5.88 Å². The smallest absolute Gasteiger partial charge is 0.213 e. The molecule has 0 fully saturated rings. The quantitative estimate of drug-likeness (QED) is 0.691. The van der Waals surface area contributed by atoms with Crippen molar-refractivity contribution in [3.05, 3.63) is 28.8 Å². The molecule has 0 spiro atoms. The maximum Gasteiger partial charge on any atom is 0.213 e. The first-order valence-electron chi connectivity index (χ1n) is 4.44. The van der Waals surface area contributed by atoms with E-state index in [0.717, 1.165) is 5.69 Å². The lowest BCUT2D eigenvalue weighted by Gasteiger charge is -2.15. The minimum absolute atomic E-state index is 0.243. The van der Waals surface area contributed by atoms with Crippen LogP contribution in [0, 0.1) is 11.8 Å². The maximum atomic E-state index is 10.4. The van der Waals surface area contributed by atoms with Gasteiger partial charge in [-0.3, -0.25) is 0 Å². The van der Waals surface area contributed by atoms with E-state index in [1.54, 1.807) is 19.9 Å². The number of hydrogen-bond acceptors (Lipinski definition) is 4. The molecule has 0 aliphatic rings. The van der Waals surface area contributed by atoms with Gasteiger partial charge in [-0.05, 0) is 26.8 Å². The largest absolute Gasteiger partial charge is 0.475 e. The molecule has 0 saturated heterocycles. The van der Waals surface area contributed by atoms with Gasteiger partial charge >= 0.3 is 0 Å². The van der Waals surface area contributed by atoms with Gasteiger partial charge in [-0.1, -0.05) is 11.2 Å². The Morgan fingerprint density at radius 2 is 2.21 bits per heavy atom. The summed E-state index contributed by atoms with van der Waals surface area (Å²) in [4.78, 5) is 14.5. The third-order valence-corrected chi connectivity index (χ3v) is 1.68. The van der Waals surface area contributed by atoms with Gasteiger partial charge in [0.15, 0.2) is 0 Å². The molecule has 0 aliphatic heterocycles. The van der Waals surface area contributed by atoms with Gasteiger partial charge in [0.25, 0.3) is 0 Å². The maximum absolute atomic E-state index is 10.4. The molecule has 1 aromatic heterocycles. The van der Waals surface area contributed by atoms with Gasteiger partial charge in [0.05, 0.1) is 0 Å². The van der Waals surface area contributed by atoms with E-state index in [2.05, 4.69) is 10.2 Å². The lowest BCUT2D eigenvalue weighted by molar-refractivity contribution is 0.235. The van der Waals surface area contributed by atoms with Crippen LogP contribution in [0.3, 0.4) is 0 Å². The van der Waals surface area contributed by atoms with E-state index in [-0.39, 0.29) is 6.61 Å². The highest BCUT2D eigenvalue weighted by Crippen LogP contribution is 2.12. The van der Waals surface area contributed by atoms with Crippen LogP contribution >= 0.6 is 0 Å². The summed E-state index contributed by atoms with van der Waals surface area (Å²) in [5, 5.41) is 2.96. The van der Waals surface area contributed by atoms with E-state index in [4.69, 9.17) is 4.74 Å². The summed E-state index contributed by atoms with van der Waals surface area (Å²) in [6.45, 7) is 5.56. The number of pyridine rings is 1. The van der Waals surface area contributed by atoms with Gasteiger partial charge in [0.2, 0.25) is 5.88 Å². The van der Waals surface area contributed by atoms with Crippen molar-refractivity contribution < 1.29 is 4.74 Å². The molecule has 0 aromatic carbocycles. The fourth-order valence-corrected chi connectivity index (χ4v) is 0.875. The van der Waals surface area contributed by atoms with Crippen molar-refractivity contribution in [2.45, 2.75) is 26.3 Å². The van der Waals surface area contributed by atoms with Crippen LogP contribution in [0.1, 0.15) is 19.5 Å². The van der Waals surface area contributed by atoms with Crippen molar-refractivity contribution in [2.24, 2.45) is 5.18 Å². The van der Waals surface area contributed by atoms with Gasteiger partial charge < -0.3 is 4.74 Å². The standard InChI is InChI=1S/C10H14N2O2/c1-8-5-4-6-9(11-8)14-7-10(2,3)12-13/h4-6H,7H2,1-3H3. The highest BCUT2D eigenvalue weighted by molar-refractivity contribution is 5.14. The third kappa shape index (κ3) is 3.12. The Morgan fingerprint density at radius 1 is 1.50 bits per heavy atom. The average molecular weight is 194 g/mol. The predicted molar refractivity (Wildman–Crippen MR) is 54.3 cm³/mol. The number of aromatic nitrogens is 1. The number of rotatable bonds is 4. The molecule has 0 saturated carbocycles. The summed E-state index contributed by atoms with van der Waals surface area (Å²) in [6.07, 6.45) is 0. The molecule has 0 radical (unpaired) electrons. The number of nitroso groups, excluding NO2 is 1. The van der Waals surface area contributed by atoms with Crippen molar-refractivity contribution >= 4 is 0 Å². The van der Waals surface area contributed by atoms with Crippen LogP contribution in [0.25, 0.3) is 0 Å². The Labute approximate surface area is 83.3 Å². The molecule has 0 aliphatic carbocycles. The zero-order valence-electron chi connectivity index (χ0n) is 8.65. The molecule has 14 heavy (non-hydrogen) atoms. The fraction of sp³-hybridized carbons (Fsp3) is 0.500. The molecule has 76 valence electrons. The van der Waals surface area contributed by atoms with E-state index in [9.17, 15) is 4.91 Å². The second kappa shape index (κ2) is 4.17. The Morgan fingerprint density at radius 3 is 2.79 bits per heavy atom. The minimum Gasteiger partial charge on any atom is -0.475 e. The Balaban J connectivity index is 2.58. The SMILES string of the molecule is Cc1cccc(OCC(C)(C)N=O)n1. The molecule has 0 bridgehead atoms. The fourth-order valence-electron chi connectivity index (χ4n) is 0.875. The van der Waals surface area contributed by atoms with Gasteiger partial charge in [-0.25, -0.2) is 4.98 Å². The van der Waals surface area contributed by atoms with Crippen LogP contribution < -0.4 is 4.74 Å². The normalized spacial score (nSPS) is 11.1. The van der Waals surface area contributed by atoms with Gasteiger partial charge in [-0.15, -0.1) is 0 Å². The second-order valence-electron chi connectivity index (χ2n) is 3.81. The van der Waals surface area contributed by atoms with Gasteiger partial charge in [0.1, 0.15) is 12.1 Å². The molecule has 0 unspecified atom stereocenters. The van der Waals surface area contributed by atoms with Crippen LogP contribution in [-0.4, -0.2) is 17.1 Å². The molecular formula is C10H14N2O2. The summed E-state index contributed by atoms with van der Waals surface area (Å²) < 4.78 is 5.34. The molecule has 0 amide bonds. The molecule has 1 rings (SSSR count). The van der Waals surface area contributed by atoms with Crippen molar-refractivity contribution in [3.8, 4) is 5.88 Å². The Kier molecular flexibility index (Phi) is 3.17. The molecule has 4 nitrogen and oxygen atoms in total. The number of aryl methyl sites for hydroxylation is 1.